The van der Waals surface area contributed by atoms with Crippen molar-refractivity contribution < 1.29 is 13.9 Å². The molecule has 0 radical (unpaired) electrons. The van der Waals surface area contributed by atoms with Crippen LogP contribution in [0.4, 0.5) is 4.39 Å². The second-order valence-electron chi connectivity index (χ2n) is 4.71. The molecule has 5 heteroatoms. The molecule has 0 saturated carbocycles. The Hall–Kier alpha value is -1.78. The minimum absolute atomic E-state index is 0.340. The zero-order valence-electron chi connectivity index (χ0n) is 12.1. The molecule has 0 saturated heterocycles. The molecule has 2 aromatic carbocycles. The van der Waals surface area contributed by atoms with Gasteiger partial charge in [0.2, 0.25) is 0 Å². The minimum Gasteiger partial charge on any atom is -0.493 e. The quantitative estimate of drug-likeness (QED) is 0.933. The summed E-state index contributed by atoms with van der Waals surface area (Å²) in [5.74, 6) is 0.745. The van der Waals surface area contributed by atoms with E-state index in [-0.39, 0.29) is 0 Å². The third kappa shape index (κ3) is 3.12. The fourth-order valence-electron chi connectivity index (χ4n) is 2.25. The monoisotopic (exact) mass is 309 g/mol. The Morgan fingerprint density at radius 1 is 1.05 bits per heavy atom. The minimum atomic E-state index is -0.609. The van der Waals surface area contributed by atoms with Gasteiger partial charge in [0.25, 0.3) is 0 Å². The maximum absolute atomic E-state index is 14.0. The van der Waals surface area contributed by atoms with E-state index >= 15 is 0 Å². The normalized spacial score (nSPS) is 12.1. The highest BCUT2D eigenvalue weighted by molar-refractivity contribution is 6.30. The topological polar surface area (TPSA) is 44.5 Å². The van der Waals surface area contributed by atoms with Gasteiger partial charge in [-0.3, -0.25) is 0 Å². The summed E-state index contributed by atoms with van der Waals surface area (Å²) in [5.41, 5.74) is 8.26. The van der Waals surface area contributed by atoms with Crippen molar-refractivity contribution in [3.05, 3.63) is 57.9 Å². The van der Waals surface area contributed by atoms with E-state index in [1.54, 1.807) is 32.4 Å². The molecule has 112 valence electrons. The molecule has 21 heavy (non-hydrogen) atoms. The fraction of sp³-hybridized carbons (Fsp3) is 0.250. The number of hydrogen-bond acceptors (Lipinski definition) is 3. The molecule has 0 aliphatic carbocycles. The van der Waals surface area contributed by atoms with E-state index in [1.165, 1.54) is 6.07 Å². The van der Waals surface area contributed by atoms with E-state index in [0.29, 0.717) is 22.1 Å². The van der Waals surface area contributed by atoms with Crippen LogP contribution in [-0.4, -0.2) is 14.2 Å². The van der Waals surface area contributed by atoms with Gasteiger partial charge in [0.1, 0.15) is 5.82 Å². The van der Waals surface area contributed by atoms with Crippen LogP contribution in [0.3, 0.4) is 0 Å². The number of ether oxygens (including phenoxy) is 2. The summed E-state index contributed by atoms with van der Waals surface area (Å²) in [6.07, 6.45) is 0. The van der Waals surface area contributed by atoms with Gasteiger partial charge in [-0.1, -0.05) is 17.7 Å². The number of methoxy groups -OCH3 is 2. The van der Waals surface area contributed by atoms with Crippen molar-refractivity contribution in [2.45, 2.75) is 13.0 Å². The molecule has 1 atom stereocenters. The van der Waals surface area contributed by atoms with E-state index in [9.17, 15) is 4.39 Å². The van der Waals surface area contributed by atoms with Crippen LogP contribution < -0.4 is 15.2 Å². The van der Waals surface area contributed by atoms with E-state index in [1.807, 2.05) is 13.0 Å². The number of halogens is 2. The van der Waals surface area contributed by atoms with Gasteiger partial charge in [0.15, 0.2) is 11.5 Å². The lowest BCUT2D eigenvalue weighted by Crippen LogP contribution is -2.15. The van der Waals surface area contributed by atoms with Crippen molar-refractivity contribution >= 4 is 11.6 Å². The SMILES string of the molecule is COc1cc(C)c(C(N)c2ccc(Cl)cc2F)cc1OC. The summed E-state index contributed by atoms with van der Waals surface area (Å²) in [5, 5.41) is 0.340. The van der Waals surface area contributed by atoms with E-state index < -0.39 is 11.9 Å². The lowest BCUT2D eigenvalue weighted by molar-refractivity contribution is 0.354. The highest BCUT2D eigenvalue weighted by Gasteiger charge is 2.18. The Labute approximate surface area is 128 Å². The first kappa shape index (κ1) is 15.6. The van der Waals surface area contributed by atoms with Gasteiger partial charge < -0.3 is 15.2 Å². The molecule has 2 N–H and O–H groups in total. The number of aryl methyl sites for hydroxylation is 1. The van der Waals surface area contributed by atoms with Crippen molar-refractivity contribution in [1.29, 1.82) is 0 Å². The van der Waals surface area contributed by atoms with Crippen molar-refractivity contribution in [2.24, 2.45) is 5.73 Å². The molecule has 1 unspecified atom stereocenters. The first-order chi connectivity index (χ1) is 9.97. The lowest BCUT2D eigenvalue weighted by Gasteiger charge is -2.19. The Kier molecular flexibility index (Phi) is 4.70. The van der Waals surface area contributed by atoms with Gasteiger partial charge in [-0.25, -0.2) is 4.39 Å². The van der Waals surface area contributed by atoms with E-state index in [4.69, 9.17) is 26.8 Å². The molecular formula is C16H17ClFNO2. The molecule has 0 aliphatic heterocycles. The van der Waals surface area contributed by atoms with Crippen LogP contribution in [0.25, 0.3) is 0 Å². The third-order valence-electron chi connectivity index (χ3n) is 3.40. The van der Waals surface area contributed by atoms with Crippen LogP contribution >= 0.6 is 11.6 Å². The predicted molar refractivity (Wildman–Crippen MR) is 81.7 cm³/mol. The number of benzene rings is 2. The second-order valence-corrected chi connectivity index (χ2v) is 5.14. The summed E-state index contributed by atoms with van der Waals surface area (Å²) < 4.78 is 24.5. The van der Waals surface area contributed by atoms with Crippen molar-refractivity contribution in [3.8, 4) is 11.5 Å². The van der Waals surface area contributed by atoms with Crippen LogP contribution in [0.1, 0.15) is 22.7 Å². The van der Waals surface area contributed by atoms with Gasteiger partial charge >= 0.3 is 0 Å². The second kappa shape index (κ2) is 6.33. The standard InChI is InChI=1S/C16H17ClFNO2/c1-9-6-14(20-2)15(21-3)8-12(9)16(19)11-5-4-10(17)7-13(11)18/h4-8,16H,19H2,1-3H3. The smallest absolute Gasteiger partial charge is 0.161 e. The van der Waals surface area contributed by atoms with Crippen LogP contribution in [0.5, 0.6) is 11.5 Å². The summed E-state index contributed by atoms with van der Waals surface area (Å²) in [6.45, 7) is 1.89. The maximum atomic E-state index is 14.0. The molecule has 0 spiro atoms. The summed E-state index contributed by atoms with van der Waals surface area (Å²) in [4.78, 5) is 0. The Morgan fingerprint density at radius 2 is 1.67 bits per heavy atom. The third-order valence-corrected chi connectivity index (χ3v) is 3.64. The fourth-order valence-corrected chi connectivity index (χ4v) is 2.41. The summed E-state index contributed by atoms with van der Waals surface area (Å²) >= 11 is 5.77. The van der Waals surface area contributed by atoms with Gasteiger partial charge in [-0.15, -0.1) is 0 Å². The zero-order valence-corrected chi connectivity index (χ0v) is 12.9. The summed E-state index contributed by atoms with van der Waals surface area (Å²) in [7, 11) is 3.11. The van der Waals surface area contributed by atoms with Crippen molar-refractivity contribution in [3.63, 3.8) is 0 Å². The maximum Gasteiger partial charge on any atom is 0.161 e. The molecule has 0 fully saturated rings. The first-order valence-electron chi connectivity index (χ1n) is 6.41. The lowest BCUT2D eigenvalue weighted by atomic mass is 9.95. The molecule has 0 aliphatic rings. The van der Waals surface area contributed by atoms with Crippen LogP contribution in [0.15, 0.2) is 30.3 Å². The van der Waals surface area contributed by atoms with Crippen LogP contribution in [-0.2, 0) is 0 Å². The van der Waals surface area contributed by atoms with Crippen LogP contribution in [0, 0.1) is 12.7 Å². The number of rotatable bonds is 4. The van der Waals surface area contributed by atoms with E-state index in [0.717, 1.165) is 11.1 Å². The van der Waals surface area contributed by atoms with Gasteiger partial charge in [-0.05, 0) is 42.3 Å². The van der Waals surface area contributed by atoms with Crippen molar-refractivity contribution in [1.82, 2.24) is 0 Å². The van der Waals surface area contributed by atoms with Gasteiger partial charge in [-0.2, -0.15) is 0 Å². The van der Waals surface area contributed by atoms with Crippen LogP contribution in [0.2, 0.25) is 5.02 Å². The average molecular weight is 310 g/mol. The molecule has 3 nitrogen and oxygen atoms in total. The highest BCUT2D eigenvalue weighted by atomic mass is 35.5. The molecule has 0 aromatic heterocycles. The first-order valence-corrected chi connectivity index (χ1v) is 6.78. The molecule has 0 heterocycles. The van der Waals surface area contributed by atoms with Gasteiger partial charge in [0.05, 0.1) is 20.3 Å². The van der Waals surface area contributed by atoms with Crippen molar-refractivity contribution in [2.75, 3.05) is 14.2 Å². The number of hydrogen-bond donors (Lipinski definition) is 1. The average Bonchev–Trinajstić information content (AvgIpc) is 2.46. The molecule has 0 bridgehead atoms. The van der Waals surface area contributed by atoms with Gasteiger partial charge in [0, 0.05) is 10.6 Å². The Morgan fingerprint density at radius 3 is 2.24 bits per heavy atom. The predicted octanol–water partition coefficient (Wildman–Crippen LogP) is 3.85. The van der Waals surface area contributed by atoms with E-state index in [2.05, 4.69) is 0 Å². The molecule has 0 amide bonds. The molecule has 2 aromatic rings. The summed E-state index contributed by atoms with van der Waals surface area (Å²) in [6, 6.07) is 7.46. The number of nitrogens with two attached hydrogens (primary N) is 1. The zero-order chi connectivity index (χ0) is 15.6. The molecular weight excluding hydrogens is 293 g/mol. The Bertz CT molecular complexity index is 661. The largest absolute Gasteiger partial charge is 0.493 e. The molecule has 2 rings (SSSR count). The Balaban J connectivity index is 2.50. The highest BCUT2D eigenvalue weighted by Crippen LogP contribution is 2.35.